The smallest absolute Gasteiger partial charge is 0.230 e. The van der Waals surface area contributed by atoms with Crippen LogP contribution >= 0.6 is 11.6 Å². The molecule has 21 heavy (non-hydrogen) atoms. The van der Waals surface area contributed by atoms with Crippen molar-refractivity contribution in [2.45, 2.75) is 0 Å². The van der Waals surface area contributed by atoms with Crippen molar-refractivity contribution < 1.29 is 9.13 Å². The molecule has 2 N–H and O–H groups in total. The number of hydrogen-bond donors (Lipinski definition) is 1. The average Bonchev–Trinajstić information content (AvgIpc) is 2.46. The third-order valence-electron chi connectivity index (χ3n) is 3.06. The van der Waals surface area contributed by atoms with E-state index in [1.807, 2.05) is 4.90 Å². The van der Waals surface area contributed by atoms with Gasteiger partial charge in [0.1, 0.15) is 5.82 Å². The predicted octanol–water partition coefficient (Wildman–Crippen LogP) is 1.75. The zero-order valence-electron chi connectivity index (χ0n) is 11.1. The van der Waals surface area contributed by atoms with Crippen molar-refractivity contribution in [3.05, 3.63) is 29.0 Å². The Morgan fingerprint density at radius 3 is 2.62 bits per heavy atom. The normalized spacial score (nSPS) is 15.2. The fourth-order valence-electron chi connectivity index (χ4n) is 2.10. The highest BCUT2D eigenvalue weighted by molar-refractivity contribution is 6.30. The monoisotopic (exact) mass is 309 g/mol. The van der Waals surface area contributed by atoms with Crippen molar-refractivity contribution >= 4 is 23.5 Å². The van der Waals surface area contributed by atoms with Gasteiger partial charge in [0.2, 0.25) is 11.9 Å². The number of nitrogens with two attached hydrogens (primary N) is 1. The molecule has 8 heteroatoms. The topological polar surface area (TPSA) is 77.2 Å². The first-order valence-corrected chi connectivity index (χ1v) is 6.80. The molecule has 0 amide bonds. The molecule has 0 bridgehead atoms. The number of halogens is 2. The number of nitrogen functional groups attached to an aromatic ring is 1. The van der Waals surface area contributed by atoms with Gasteiger partial charge in [-0.25, -0.2) is 4.39 Å². The molecule has 2 aromatic rings. The summed E-state index contributed by atoms with van der Waals surface area (Å²) in [5.41, 5.74) is 6.19. The number of benzene rings is 1. The summed E-state index contributed by atoms with van der Waals surface area (Å²) in [6.45, 7) is 2.55. The Morgan fingerprint density at radius 1 is 1.14 bits per heavy atom. The summed E-state index contributed by atoms with van der Waals surface area (Å²) in [6.07, 6.45) is 0. The molecule has 1 aliphatic heterocycles. The summed E-state index contributed by atoms with van der Waals surface area (Å²) >= 11 is 5.86. The average molecular weight is 310 g/mol. The Balaban J connectivity index is 2.00. The Morgan fingerprint density at radius 2 is 1.90 bits per heavy atom. The summed E-state index contributed by atoms with van der Waals surface area (Å²) in [6, 6.07) is 4.12. The van der Waals surface area contributed by atoms with Crippen LogP contribution in [-0.4, -0.2) is 41.3 Å². The summed E-state index contributed by atoms with van der Waals surface area (Å²) in [4.78, 5) is 14.5. The van der Waals surface area contributed by atoms with E-state index >= 15 is 0 Å². The molecule has 1 saturated heterocycles. The molecule has 2 heterocycles. The van der Waals surface area contributed by atoms with E-state index in [2.05, 4.69) is 15.0 Å². The lowest BCUT2D eigenvalue weighted by molar-refractivity contribution is 0.122. The zero-order chi connectivity index (χ0) is 14.8. The van der Waals surface area contributed by atoms with Crippen LogP contribution in [0.4, 0.5) is 16.3 Å². The molecular weight excluding hydrogens is 297 g/mol. The Kier molecular flexibility index (Phi) is 3.85. The third kappa shape index (κ3) is 3.20. The number of ether oxygens (including phenoxy) is 1. The van der Waals surface area contributed by atoms with E-state index in [4.69, 9.17) is 22.1 Å². The molecule has 0 aliphatic carbocycles. The standard InChI is InChI=1S/C13H13ClFN5O/c14-9-5-8(6-10(15)7-9)11-17-12(16)19-13(18-11)20-1-3-21-4-2-20/h5-7H,1-4H2,(H2,16,17,18,19). The van der Waals surface area contributed by atoms with E-state index in [-0.39, 0.29) is 11.0 Å². The van der Waals surface area contributed by atoms with Crippen LogP contribution < -0.4 is 10.6 Å². The summed E-state index contributed by atoms with van der Waals surface area (Å²) < 4.78 is 18.7. The quantitative estimate of drug-likeness (QED) is 0.910. The largest absolute Gasteiger partial charge is 0.378 e. The van der Waals surface area contributed by atoms with E-state index in [9.17, 15) is 4.39 Å². The molecule has 6 nitrogen and oxygen atoms in total. The molecule has 1 fully saturated rings. The number of morpholine rings is 1. The minimum Gasteiger partial charge on any atom is -0.378 e. The molecule has 0 spiro atoms. The van der Waals surface area contributed by atoms with Gasteiger partial charge in [0.05, 0.1) is 13.2 Å². The molecule has 0 unspecified atom stereocenters. The molecule has 1 aromatic carbocycles. The zero-order valence-corrected chi connectivity index (χ0v) is 11.8. The van der Waals surface area contributed by atoms with Gasteiger partial charge in [-0.1, -0.05) is 11.6 Å². The predicted molar refractivity (Wildman–Crippen MR) is 77.7 cm³/mol. The maximum Gasteiger partial charge on any atom is 0.230 e. The fourth-order valence-corrected chi connectivity index (χ4v) is 2.32. The van der Waals surface area contributed by atoms with Gasteiger partial charge in [0.25, 0.3) is 0 Å². The van der Waals surface area contributed by atoms with Crippen LogP contribution in [0.3, 0.4) is 0 Å². The number of aromatic nitrogens is 3. The van der Waals surface area contributed by atoms with Crippen LogP contribution in [0.25, 0.3) is 11.4 Å². The third-order valence-corrected chi connectivity index (χ3v) is 3.27. The summed E-state index contributed by atoms with van der Waals surface area (Å²) in [5.74, 6) is 0.387. The molecule has 1 aliphatic rings. The molecule has 1 aromatic heterocycles. The van der Waals surface area contributed by atoms with E-state index < -0.39 is 5.82 Å². The summed E-state index contributed by atoms with van der Waals surface area (Å²) in [5, 5.41) is 0.275. The minimum absolute atomic E-state index is 0.0851. The van der Waals surface area contributed by atoms with Crippen LogP contribution in [0.15, 0.2) is 18.2 Å². The SMILES string of the molecule is Nc1nc(-c2cc(F)cc(Cl)c2)nc(N2CCOCC2)n1. The lowest BCUT2D eigenvalue weighted by Gasteiger charge is -2.26. The molecule has 110 valence electrons. The van der Waals surface area contributed by atoms with Gasteiger partial charge in [-0.15, -0.1) is 0 Å². The van der Waals surface area contributed by atoms with Crippen LogP contribution in [0.1, 0.15) is 0 Å². The fraction of sp³-hybridized carbons (Fsp3) is 0.308. The van der Waals surface area contributed by atoms with Gasteiger partial charge in [-0.05, 0) is 18.2 Å². The Bertz CT molecular complexity index is 643. The highest BCUT2D eigenvalue weighted by Gasteiger charge is 2.16. The van der Waals surface area contributed by atoms with Crippen molar-refractivity contribution in [2.75, 3.05) is 36.9 Å². The van der Waals surface area contributed by atoms with Gasteiger partial charge >= 0.3 is 0 Å². The van der Waals surface area contributed by atoms with Gasteiger partial charge in [0.15, 0.2) is 5.82 Å². The maximum atomic E-state index is 13.5. The highest BCUT2D eigenvalue weighted by atomic mass is 35.5. The second-order valence-electron chi connectivity index (χ2n) is 4.57. The van der Waals surface area contributed by atoms with Crippen LogP contribution in [0.2, 0.25) is 5.02 Å². The molecular formula is C13H13ClFN5O. The molecule has 0 radical (unpaired) electrons. The van der Waals surface area contributed by atoms with Crippen molar-refractivity contribution in [1.82, 2.24) is 15.0 Å². The maximum absolute atomic E-state index is 13.5. The molecule has 3 rings (SSSR count). The van der Waals surface area contributed by atoms with Crippen LogP contribution in [0, 0.1) is 5.82 Å². The Labute approximate surface area is 125 Å². The minimum atomic E-state index is -0.454. The number of hydrogen-bond acceptors (Lipinski definition) is 6. The second kappa shape index (κ2) is 5.79. The Hall–Kier alpha value is -1.99. The first kappa shape index (κ1) is 14.0. The number of anilines is 2. The number of rotatable bonds is 2. The van der Waals surface area contributed by atoms with Gasteiger partial charge in [0, 0.05) is 23.7 Å². The molecule has 0 atom stereocenters. The lowest BCUT2D eigenvalue weighted by atomic mass is 10.2. The van der Waals surface area contributed by atoms with E-state index in [1.54, 1.807) is 6.07 Å². The van der Waals surface area contributed by atoms with E-state index in [0.717, 1.165) is 0 Å². The van der Waals surface area contributed by atoms with Crippen LogP contribution in [0.5, 0.6) is 0 Å². The lowest BCUT2D eigenvalue weighted by Crippen LogP contribution is -2.37. The van der Waals surface area contributed by atoms with E-state index in [1.165, 1.54) is 12.1 Å². The summed E-state index contributed by atoms with van der Waals surface area (Å²) in [7, 11) is 0. The molecule has 0 saturated carbocycles. The van der Waals surface area contributed by atoms with Crippen molar-refractivity contribution in [1.29, 1.82) is 0 Å². The van der Waals surface area contributed by atoms with Crippen molar-refractivity contribution in [2.24, 2.45) is 0 Å². The number of nitrogens with zero attached hydrogens (tertiary/aromatic N) is 4. The first-order valence-electron chi connectivity index (χ1n) is 6.42. The van der Waals surface area contributed by atoms with Crippen LogP contribution in [-0.2, 0) is 4.74 Å². The van der Waals surface area contributed by atoms with Crippen molar-refractivity contribution in [3.8, 4) is 11.4 Å². The van der Waals surface area contributed by atoms with Gasteiger partial charge < -0.3 is 15.4 Å². The van der Waals surface area contributed by atoms with Gasteiger partial charge in [-0.2, -0.15) is 15.0 Å². The van der Waals surface area contributed by atoms with Gasteiger partial charge in [-0.3, -0.25) is 0 Å². The highest BCUT2D eigenvalue weighted by Crippen LogP contribution is 2.23. The van der Waals surface area contributed by atoms with E-state index in [0.29, 0.717) is 43.6 Å². The van der Waals surface area contributed by atoms with Crippen molar-refractivity contribution in [3.63, 3.8) is 0 Å². The second-order valence-corrected chi connectivity index (χ2v) is 5.01. The first-order chi connectivity index (χ1) is 10.1.